The Hall–Kier alpha value is -3.08. The minimum atomic E-state index is -0.434. The number of likely N-dealkylation sites (tertiary alicyclic amines) is 1. The molecule has 8 nitrogen and oxygen atoms in total. The van der Waals surface area contributed by atoms with Gasteiger partial charge >= 0.3 is 5.97 Å². The maximum atomic E-state index is 12.5. The number of aromatic nitrogens is 2. The number of aromatic amines is 1. The Bertz CT molecular complexity index is 883. The highest BCUT2D eigenvalue weighted by molar-refractivity contribution is 6.04. The number of hydrogen-bond donors (Lipinski definition) is 2. The molecule has 0 radical (unpaired) electrons. The maximum Gasteiger partial charge on any atom is 0.342 e. The van der Waals surface area contributed by atoms with Crippen molar-refractivity contribution in [3.63, 3.8) is 0 Å². The number of fused-ring (bicyclic) bond motifs is 1. The van der Waals surface area contributed by atoms with Crippen molar-refractivity contribution in [1.82, 2.24) is 14.9 Å². The van der Waals surface area contributed by atoms with Gasteiger partial charge in [0.05, 0.1) is 17.9 Å². The standard InChI is InChI=1S/C19H23N5O3/c1-12(2)27-19(26)15-10-22-18-14(6-8-21-18)17(15)23-13-4-3-9-24(11-13)16(25)5-7-20/h6,8,10,12-13H,3-5,9,11H2,1-2H3,(H2,21,22,23)/t13-/m1/s1. The molecular weight excluding hydrogens is 346 g/mol. The highest BCUT2D eigenvalue weighted by Crippen LogP contribution is 2.28. The van der Waals surface area contributed by atoms with E-state index in [2.05, 4.69) is 15.3 Å². The number of esters is 1. The van der Waals surface area contributed by atoms with Crippen molar-refractivity contribution < 1.29 is 14.3 Å². The van der Waals surface area contributed by atoms with E-state index in [1.165, 1.54) is 6.20 Å². The number of rotatable bonds is 5. The van der Waals surface area contributed by atoms with Gasteiger partial charge in [0.15, 0.2) is 0 Å². The molecule has 2 N–H and O–H groups in total. The number of hydrogen-bond acceptors (Lipinski definition) is 6. The molecule has 0 aromatic carbocycles. The van der Waals surface area contributed by atoms with Gasteiger partial charge in [0, 0.05) is 36.9 Å². The predicted octanol–water partition coefficient (Wildman–Crippen LogP) is 2.44. The van der Waals surface area contributed by atoms with Crippen LogP contribution in [-0.2, 0) is 9.53 Å². The first-order valence-electron chi connectivity index (χ1n) is 9.08. The van der Waals surface area contributed by atoms with Gasteiger partial charge in [-0.2, -0.15) is 5.26 Å². The number of carbonyl (C=O) groups excluding carboxylic acids is 2. The lowest BCUT2D eigenvalue weighted by Gasteiger charge is -2.33. The first-order chi connectivity index (χ1) is 13.0. The molecule has 8 heteroatoms. The average molecular weight is 369 g/mol. The molecule has 1 aliphatic rings. The van der Waals surface area contributed by atoms with Gasteiger partial charge in [-0.25, -0.2) is 9.78 Å². The molecule has 3 heterocycles. The second-order valence-electron chi connectivity index (χ2n) is 6.90. The van der Waals surface area contributed by atoms with Crippen LogP contribution in [-0.4, -0.2) is 52.0 Å². The topological polar surface area (TPSA) is 111 Å². The van der Waals surface area contributed by atoms with Crippen LogP contribution in [0.3, 0.4) is 0 Å². The van der Waals surface area contributed by atoms with Crippen LogP contribution in [0.5, 0.6) is 0 Å². The fraction of sp³-hybridized carbons (Fsp3) is 0.474. The summed E-state index contributed by atoms with van der Waals surface area (Å²) < 4.78 is 5.35. The minimum absolute atomic E-state index is 0.0208. The molecule has 3 rings (SSSR count). The molecule has 0 aliphatic carbocycles. The van der Waals surface area contributed by atoms with Gasteiger partial charge in [-0.1, -0.05) is 0 Å². The lowest BCUT2D eigenvalue weighted by atomic mass is 10.0. The lowest BCUT2D eigenvalue weighted by molar-refractivity contribution is -0.131. The zero-order chi connectivity index (χ0) is 19.4. The molecular formula is C19H23N5O3. The third-order valence-corrected chi connectivity index (χ3v) is 4.50. The van der Waals surface area contributed by atoms with Crippen molar-refractivity contribution in [2.24, 2.45) is 0 Å². The Morgan fingerprint density at radius 3 is 3.07 bits per heavy atom. The lowest BCUT2D eigenvalue weighted by Crippen LogP contribution is -2.45. The molecule has 0 spiro atoms. The van der Waals surface area contributed by atoms with Crippen LogP contribution in [0.4, 0.5) is 5.69 Å². The summed E-state index contributed by atoms with van der Waals surface area (Å²) in [5.74, 6) is -0.596. The molecule has 0 saturated carbocycles. The Morgan fingerprint density at radius 2 is 2.33 bits per heavy atom. The van der Waals surface area contributed by atoms with E-state index in [4.69, 9.17) is 10.00 Å². The van der Waals surface area contributed by atoms with Gasteiger partial charge in [0.2, 0.25) is 5.91 Å². The van der Waals surface area contributed by atoms with E-state index < -0.39 is 5.97 Å². The van der Waals surface area contributed by atoms with E-state index in [9.17, 15) is 9.59 Å². The van der Waals surface area contributed by atoms with Crippen LogP contribution >= 0.6 is 0 Å². The molecule has 1 fully saturated rings. The number of H-pyrrole nitrogens is 1. The zero-order valence-electron chi connectivity index (χ0n) is 15.5. The summed E-state index contributed by atoms with van der Waals surface area (Å²) in [6.07, 6.45) is 4.62. The van der Waals surface area contributed by atoms with Crippen LogP contribution in [0.25, 0.3) is 11.0 Å². The predicted molar refractivity (Wildman–Crippen MR) is 100 cm³/mol. The number of nitrogens with zero attached hydrogens (tertiary/aromatic N) is 3. The second kappa shape index (κ2) is 8.08. The molecule has 142 valence electrons. The van der Waals surface area contributed by atoms with Crippen LogP contribution < -0.4 is 5.32 Å². The number of anilines is 1. The zero-order valence-corrected chi connectivity index (χ0v) is 15.5. The molecule has 0 unspecified atom stereocenters. The summed E-state index contributed by atoms with van der Waals surface area (Å²) in [5, 5.41) is 13.0. The molecule has 1 saturated heterocycles. The number of piperidine rings is 1. The van der Waals surface area contributed by atoms with Gasteiger partial charge in [0.25, 0.3) is 0 Å². The van der Waals surface area contributed by atoms with Crippen molar-refractivity contribution in [3.05, 3.63) is 24.0 Å². The first kappa shape index (κ1) is 18.7. The van der Waals surface area contributed by atoms with Crippen molar-refractivity contribution in [2.75, 3.05) is 18.4 Å². The SMILES string of the molecule is CC(C)OC(=O)c1cnc2[nH]ccc2c1N[C@@H]1CCCN(C(=O)CC#N)C1. The monoisotopic (exact) mass is 369 g/mol. The van der Waals surface area contributed by atoms with E-state index in [1.807, 2.05) is 12.1 Å². The van der Waals surface area contributed by atoms with Crippen LogP contribution in [0.15, 0.2) is 18.5 Å². The fourth-order valence-electron chi connectivity index (χ4n) is 3.30. The number of pyridine rings is 1. The Balaban J connectivity index is 1.86. The van der Waals surface area contributed by atoms with Crippen LogP contribution in [0.2, 0.25) is 0 Å². The summed E-state index contributed by atoms with van der Waals surface area (Å²) in [4.78, 5) is 33.6. The Kier molecular flexibility index (Phi) is 5.60. The van der Waals surface area contributed by atoms with E-state index in [1.54, 1.807) is 24.9 Å². The molecule has 1 aliphatic heterocycles. The maximum absolute atomic E-state index is 12.5. The van der Waals surface area contributed by atoms with Gasteiger partial charge in [-0.05, 0) is 32.8 Å². The number of ether oxygens (including phenoxy) is 1. The first-order valence-corrected chi connectivity index (χ1v) is 9.08. The van der Waals surface area contributed by atoms with E-state index in [-0.39, 0.29) is 24.5 Å². The van der Waals surface area contributed by atoms with Gasteiger partial charge < -0.3 is 19.9 Å². The summed E-state index contributed by atoms with van der Waals surface area (Å²) in [7, 11) is 0. The largest absolute Gasteiger partial charge is 0.459 e. The van der Waals surface area contributed by atoms with Crippen molar-refractivity contribution in [1.29, 1.82) is 5.26 Å². The molecule has 2 aromatic rings. The summed E-state index contributed by atoms with van der Waals surface area (Å²) in [5.41, 5.74) is 1.70. The third kappa shape index (κ3) is 4.19. The summed E-state index contributed by atoms with van der Waals surface area (Å²) in [6, 6.07) is 3.75. The molecule has 0 bridgehead atoms. The van der Waals surface area contributed by atoms with Crippen LogP contribution in [0, 0.1) is 11.3 Å². The normalized spacial score (nSPS) is 17.0. The highest BCUT2D eigenvalue weighted by Gasteiger charge is 2.26. The molecule has 27 heavy (non-hydrogen) atoms. The summed E-state index contributed by atoms with van der Waals surface area (Å²) in [6.45, 7) is 4.74. The van der Waals surface area contributed by atoms with Crippen LogP contribution in [0.1, 0.15) is 43.5 Å². The molecule has 1 atom stereocenters. The Morgan fingerprint density at radius 1 is 1.52 bits per heavy atom. The van der Waals surface area contributed by atoms with E-state index >= 15 is 0 Å². The Labute approximate surface area is 157 Å². The van der Waals surface area contributed by atoms with E-state index in [0.29, 0.717) is 30.0 Å². The van der Waals surface area contributed by atoms with Gasteiger partial charge in [-0.15, -0.1) is 0 Å². The molecule has 2 aromatic heterocycles. The smallest absolute Gasteiger partial charge is 0.342 e. The van der Waals surface area contributed by atoms with Gasteiger partial charge in [-0.3, -0.25) is 4.79 Å². The quantitative estimate of drug-likeness (QED) is 0.783. The van der Waals surface area contributed by atoms with E-state index in [0.717, 1.165) is 18.2 Å². The highest BCUT2D eigenvalue weighted by atomic mass is 16.5. The average Bonchev–Trinajstić information content (AvgIpc) is 3.11. The summed E-state index contributed by atoms with van der Waals surface area (Å²) >= 11 is 0. The number of amides is 1. The number of nitriles is 1. The van der Waals surface area contributed by atoms with Crippen molar-refractivity contribution in [3.8, 4) is 6.07 Å². The number of nitrogens with one attached hydrogen (secondary N) is 2. The van der Waals surface area contributed by atoms with Gasteiger partial charge in [0.1, 0.15) is 17.6 Å². The fourth-order valence-corrected chi connectivity index (χ4v) is 3.30. The van der Waals surface area contributed by atoms with Crippen molar-refractivity contribution in [2.45, 2.75) is 45.3 Å². The number of carbonyl (C=O) groups is 2. The van der Waals surface area contributed by atoms with Crippen molar-refractivity contribution >= 4 is 28.6 Å². The third-order valence-electron chi connectivity index (χ3n) is 4.50. The second-order valence-corrected chi connectivity index (χ2v) is 6.90. The minimum Gasteiger partial charge on any atom is -0.459 e. The molecule has 1 amide bonds.